The monoisotopic (exact) mass is 576 g/mol. The van der Waals surface area contributed by atoms with Gasteiger partial charge in [-0.05, 0) is 78.8 Å². The normalized spacial score (nSPS) is 15.6. The highest BCUT2D eigenvalue weighted by Gasteiger charge is 2.26. The number of nitrogens with two attached hydrogens (primary N) is 2. The molecule has 4 aromatic rings. The molecule has 6 rings (SSSR count). The molecule has 0 atom stereocenters. The highest BCUT2D eigenvalue weighted by atomic mass is 16.2. The van der Waals surface area contributed by atoms with Gasteiger partial charge < -0.3 is 20.9 Å². The van der Waals surface area contributed by atoms with Gasteiger partial charge >= 0.3 is 0 Å². The van der Waals surface area contributed by atoms with Crippen molar-refractivity contribution in [3.63, 3.8) is 0 Å². The zero-order valence-corrected chi connectivity index (χ0v) is 25.1. The van der Waals surface area contributed by atoms with Crippen molar-refractivity contribution in [2.75, 3.05) is 6.54 Å². The number of carbonyl (C=O) groups is 1. The molecular weight excluding hydrogens is 532 g/mol. The van der Waals surface area contributed by atoms with Crippen LogP contribution in [-0.2, 0) is 32.5 Å². The van der Waals surface area contributed by atoms with Crippen molar-refractivity contribution in [2.45, 2.75) is 77.4 Å². The van der Waals surface area contributed by atoms with Crippen molar-refractivity contribution >= 4 is 22.8 Å². The molecule has 2 fully saturated rings. The van der Waals surface area contributed by atoms with Gasteiger partial charge in [0.15, 0.2) is 0 Å². The number of carbonyl (C=O) groups excluding carboxylic acids is 1. The Morgan fingerprint density at radius 1 is 0.837 bits per heavy atom. The van der Waals surface area contributed by atoms with Crippen LogP contribution in [0.15, 0.2) is 66.7 Å². The van der Waals surface area contributed by atoms with Gasteiger partial charge in [-0.1, -0.05) is 67.8 Å². The van der Waals surface area contributed by atoms with Gasteiger partial charge in [0.2, 0.25) is 0 Å². The molecule has 0 saturated heterocycles. The van der Waals surface area contributed by atoms with E-state index in [9.17, 15) is 4.79 Å². The second-order valence-electron chi connectivity index (χ2n) is 12.6. The molecule has 224 valence electrons. The number of rotatable bonds is 12. The van der Waals surface area contributed by atoms with Crippen molar-refractivity contribution in [3.05, 3.63) is 100 Å². The zero-order valence-electron chi connectivity index (χ0n) is 25.1. The van der Waals surface area contributed by atoms with Crippen LogP contribution in [0.4, 0.5) is 0 Å². The first kappa shape index (κ1) is 29.1. The van der Waals surface area contributed by atoms with Gasteiger partial charge in [0, 0.05) is 43.7 Å². The SMILES string of the molecule is N=C(N)c1ccc(CCc2nc3cc(C(=O)N(Cc4ccc(CN)cc4)CC4CCCCC4)ccc3n2CC2CC2)cc1. The summed E-state index contributed by atoms with van der Waals surface area (Å²) in [5.74, 6) is 2.51. The second kappa shape index (κ2) is 13.1. The number of hydrogen-bond acceptors (Lipinski definition) is 4. The van der Waals surface area contributed by atoms with E-state index < -0.39 is 0 Å². The van der Waals surface area contributed by atoms with Gasteiger partial charge in [-0.15, -0.1) is 0 Å². The molecule has 7 heteroatoms. The van der Waals surface area contributed by atoms with E-state index in [0.29, 0.717) is 30.5 Å². The zero-order chi connectivity index (χ0) is 29.8. The van der Waals surface area contributed by atoms with Crippen molar-refractivity contribution in [2.24, 2.45) is 23.3 Å². The van der Waals surface area contributed by atoms with E-state index in [0.717, 1.165) is 59.5 Å². The van der Waals surface area contributed by atoms with Gasteiger partial charge in [0.1, 0.15) is 11.7 Å². The molecule has 0 aliphatic heterocycles. The highest BCUT2D eigenvalue weighted by molar-refractivity contribution is 5.97. The minimum Gasteiger partial charge on any atom is -0.384 e. The van der Waals surface area contributed by atoms with Gasteiger partial charge in [0.05, 0.1) is 11.0 Å². The van der Waals surface area contributed by atoms with Gasteiger partial charge in [0.25, 0.3) is 5.91 Å². The van der Waals surface area contributed by atoms with Crippen LogP contribution in [0.2, 0.25) is 0 Å². The Kier molecular flexibility index (Phi) is 8.89. The third-order valence-corrected chi connectivity index (χ3v) is 9.24. The molecular formula is C36H44N6O. The Labute approximate surface area is 254 Å². The van der Waals surface area contributed by atoms with Crippen LogP contribution >= 0.6 is 0 Å². The van der Waals surface area contributed by atoms with E-state index in [4.69, 9.17) is 21.9 Å². The summed E-state index contributed by atoms with van der Waals surface area (Å²) < 4.78 is 2.38. The number of nitrogens with zero attached hydrogens (tertiary/aromatic N) is 3. The van der Waals surface area contributed by atoms with E-state index in [1.807, 2.05) is 36.4 Å². The first-order valence-corrected chi connectivity index (χ1v) is 16.0. The van der Waals surface area contributed by atoms with Crippen LogP contribution in [0.1, 0.15) is 83.4 Å². The fourth-order valence-corrected chi connectivity index (χ4v) is 6.46. The maximum Gasteiger partial charge on any atom is 0.254 e. The maximum atomic E-state index is 14.1. The van der Waals surface area contributed by atoms with E-state index in [2.05, 4.69) is 39.8 Å². The predicted molar refractivity (Wildman–Crippen MR) is 173 cm³/mol. The number of hydrogen-bond donors (Lipinski definition) is 3. The number of imidazole rings is 1. The number of benzene rings is 3. The van der Waals surface area contributed by atoms with Crippen LogP contribution in [0.25, 0.3) is 11.0 Å². The summed E-state index contributed by atoms with van der Waals surface area (Å²) in [7, 11) is 0. The maximum absolute atomic E-state index is 14.1. The average molecular weight is 577 g/mol. The first-order chi connectivity index (χ1) is 21.0. The number of aromatic nitrogens is 2. The van der Waals surface area contributed by atoms with Crippen LogP contribution in [0.3, 0.4) is 0 Å². The minimum atomic E-state index is 0.0826. The number of fused-ring (bicyclic) bond motifs is 1. The molecule has 2 aliphatic rings. The molecule has 0 radical (unpaired) electrons. The van der Waals surface area contributed by atoms with E-state index in [1.165, 1.54) is 50.5 Å². The van der Waals surface area contributed by atoms with E-state index in [-0.39, 0.29) is 11.7 Å². The summed E-state index contributed by atoms with van der Waals surface area (Å²) in [5.41, 5.74) is 18.4. The molecule has 1 amide bonds. The summed E-state index contributed by atoms with van der Waals surface area (Å²) in [4.78, 5) is 21.3. The molecule has 2 aliphatic carbocycles. The van der Waals surface area contributed by atoms with Crippen molar-refractivity contribution < 1.29 is 4.79 Å². The summed E-state index contributed by atoms with van der Waals surface area (Å²) in [5, 5.41) is 7.65. The lowest BCUT2D eigenvalue weighted by molar-refractivity contribution is 0.0699. The van der Waals surface area contributed by atoms with Crippen LogP contribution in [0.5, 0.6) is 0 Å². The Morgan fingerprint density at radius 3 is 2.19 bits per heavy atom. The molecule has 7 nitrogen and oxygen atoms in total. The second-order valence-corrected chi connectivity index (χ2v) is 12.6. The smallest absolute Gasteiger partial charge is 0.254 e. The van der Waals surface area contributed by atoms with Crippen LogP contribution in [-0.4, -0.2) is 32.7 Å². The summed E-state index contributed by atoms with van der Waals surface area (Å²) in [6, 6.07) is 22.4. The predicted octanol–water partition coefficient (Wildman–Crippen LogP) is 6.20. The molecule has 0 unspecified atom stereocenters. The van der Waals surface area contributed by atoms with Crippen molar-refractivity contribution in [1.82, 2.24) is 14.5 Å². The number of aryl methyl sites for hydroxylation is 2. The molecule has 0 bridgehead atoms. The molecule has 0 spiro atoms. The van der Waals surface area contributed by atoms with E-state index >= 15 is 0 Å². The van der Waals surface area contributed by atoms with Gasteiger partial charge in [-0.2, -0.15) is 0 Å². The summed E-state index contributed by atoms with van der Waals surface area (Å²) >= 11 is 0. The lowest BCUT2D eigenvalue weighted by atomic mass is 9.88. The van der Waals surface area contributed by atoms with Gasteiger partial charge in [-0.3, -0.25) is 10.2 Å². The Bertz CT molecular complexity index is 1560. The fourth-order valence-electron chi connectivity index (χ4n) is 6.46. The Hall–Kier alpha value is -3.97. The Morgan fingerprint density at radius 2 is 1.51 bits per heavy atom. The number of amides is 1. The molecule has 1 heterocycles. The van der Waals surface area contributed by atoms with Crippen LogP contribution < -0.4 is 11.5 Å². The largest absolute Gasteiger partial charge is 0.384 e. The quantitative estimate of drug-likeness (QED) is 0.138. The minimum absolute atomic E-state index is 0.0826. The lowest BCUT2D eigenvalue weighted by Crippen LogP contribution is -2.35. The number of nitrogen functional groups attached to an aromatic ring is 1. The Balaban J connectivity index is 1.25. The third kappa shape index (κ3) is 7.16. The highest BCUT2D eigenvalue weighted by Crippen LogP contribution is 2.33. The molecule has 43 heavy (non-hydrogen) atoms. The standard InChI is InChI=1S/C36H44N6O/c37-21-26-6-8-28(9-7-26)23-41(22-27-4-2-1-3-5-27)36(43)31-17-18-33-32(20-31)40-34(42(33)24-29-10-11-29)19-14-25-12-15-30(16-13-25)35(38)39/h6-9,12-13,15-18,20,27,29H,1-5,10-11,14,19,21-24,37H2,(H3,38,39). The number of amidine groups is 1. The molecule has 5 N–H and O–H groups in total. The van der Waals surface area contributed by atoms with E-state index in [1.54, 1.807) is 0 Å². The third-order valence-electron chi connectivity index (χ3n) is 9.24. The van der Waals surface area contributed by atoms with Crippen LogP contribution in [0, 0.1) is 17.2 Å². The summed E-state index contributed by atoms with van der Waals surface area (Å²) in [6.07, 6.45) is 10.4. The number of nitrogens with one attached hydrogen (secondary N) is 1. The fraction of sp³-hybridized carbons (Fsp3) is 0.417. The van der Waals surface area contributed by atoms with Gasteiger partial charge in [-0.25, -0.2) is 4.98 Å². The average Bonchev–Trinajstić information content (AvgIpc) is 3.80. The topological polar surface area (TPSA) is 114 Å². The van der Waals surface area contributed by atoms with Crippen molar-refractivity contribution in [3.8, 4) is 0 Å². The lowest BCUT2D eigenvalue weighted by Gasteiger charge is -2.30. The molecule has 2 saturated carbocycles. The van der Waals surface area contributed by atoms with Crippen molar-refractivity contribution in [1.29, 1.82) is 5.41 Å². The molecule has 1 aromatic heterocycles. The summed E-state index contributed by atoms with van der Waals surface area (Å²) in [6.45, 7) is 2.89. The molecule has 3 aromatic carbocycles. The first-order valence-electron chi connectivity index (χ1n) is 16.0.